The molecule has 0 aromatic heterocycles. The summed E-state index contributed by atoms with van der Waals surface area (Å²) in [5, 5.41) is 17.7. The van der Waals surface area contributed by atoms with E-state index in [0.717, 1.165) is 31.4 Å². The number of esters is 2. The average molecular weight is 443 g/mol. The summed E-state index contributed by atoms with van der Waals surface area (Å²) >= 11 is 0. The molecule has 1 atom stereocenters. The van der Waals surface area contributed by atoms with Crippen molar-refractivity contribution < 1.29 is 29.3 Å². The van der Waals surface area contributed by atoms with Crippen LogP contribution < -0.4 is 0 Å². The first-order chi connectivity index (χ1) is 15.1. The molecule has 0 fully saturated rings. The van der Waals surface area contributed by atoms with Crippen LogP contribution in [0.3, 0.4) is 0 Å². The van der Waals surface area contributed by atoms with E-state index in [1.807, 2.05) is 0 Å². The molecule has 0 saturated heterocycles. The van der Waals surface area contributed by atoms with Crippen LogP contribution in [0.25, 0.3) is 0 Å². The zero-order chi connectivity index (χ0) is 23.0. The molecule has 0 aliphatic rings. The van der Waals surface area contributed by atoms with Gasteiger partial charge in [0.25, 0.3) is 0 Å². The molecule has 0 aromatic rings. The van der Waals surface area contributed by atoms with Gasteiger partial charge >= 0.3 is 11.9 Å². The van der Waals surface area contributed by atoms with Crippen molar-refractivity contribution in [1.82, 2.24) is 0 Å². The van der Waals surface area contributed by atoms with Crippen LogP contribution in [0.2, 0.25) is 0 Å². The lowest BCUT2D eigenvalue weighted by Gasteiger charge is -2.06. The van der Waals surface area contributed by atoms with Crippen LogP contribution >= 0.6 is 0 Å². The van der Waals surface area contributed by atoms with Crippen molar-refractivity contribution in [3.8, 4) is 0 Å². The molecule has 182 valence electrons. The summed E-state index contributed by atoms with van der Waals surface area (Å²) in [5.41, 5.74) is 0. The van der Waals surface area contributed by atoms with Crippen molar-refractivity contribution >= 4 is 11.9 Å². The second-order valence-electron chi connectivity index (χ2n) is 8.27. The largest absolute Gasteiger partial charge is 0.463 e. The Balaban J connectivity index is 3.32. The summed E-state index contributed by atoms with van der Waals surface area (Å²) in [4.78, 5) is 22.8. The van der Waals surface area contributed by atoms with Crippen molar-refractivity contribution in [3.63, 3.8) is 0 Å². The number of carbonyl (C=O) groups is 2. The van der Waals surface area contributed by atoms with Gasteiger partial charge < -0.3 is 19.7 Å². The number of aliphatic hydroxyl groups excluding tert-OH is 2. The van der Waals surface area contributed by atoms with Gasteiger partial charge in [-0.15, -0.1) is 0 Å². The summed E-state index contributed by atoms with van der Waals surface area (Å²) in [6.07, 6.45) is 21.6. The molecule has 6 heteroatoms. The second-order valence-corrected chi connectivity index (χ2v) is 8.27. The Bertz CT molecular complexity index is 449. The SMILES string of the molecule is CCCCCCCCCCCCCCCCCCOC(=O)/C=C\C(=O)OCC(O)CO. The van der Waals surface area contributed by atoms with Gasteiger partial charge in [-0.1, -0.05) is 103 Å². The van der Waals surface area contributed by atoms with Crippen LogP contribution in [0.4, 0.5) is 0 Å². The fraction of sp³-hybridized carbons (Fsp3) is 0.840. The third kappa shape index (κ3) is 23.1. The van der Waals surface area contributed by atoms with Crippen molar-refractivity contribution in [2.45, 2.75) is 116 Å². The number of aliphatic hydroxyl groups is 2. The lowest BCUT2D eigenvalue weighted by atomic mass is 10.0. The molecule has 0 radical (unpaired) electrons. The minimum atomic E-state index is -1.11. The fourth-order valence-corrected chi connectivity index (χ4v) is 3.29. The number of carbonyl (C=O) groups excluding carboxylic acids is 2. The number of hydrogen-bond acceptors (Lipinski definition) is 6. The topological polar surface area (TPSA) is 93.1 Å². The lowest BCUT2D eigenvalue weighted by molar-refractivity contribution is -0.142. The third-order valence-electron chi connectivity index (χ3n) is 5.23. The van der Waals surface area contributed by atoms with Crippen LogP contribution in [-0.2, 0) is 19.1 Å². The van der Waals surface area contributed by atoms with Crippen LogP contribution in [0, 0.1) is 0 Å². The van der Waals surface area contributed by atoms with Crippen molar-refractivity contribution in [1.29, 1.82) is 0 Å². The fourth-order valence-electron chi connectivity index (χ4n) is 3.29. The van der Waals surface area contributed by atoms with Crippen LogP contribution in [-0.4, -0.2) is 48.1 Å². The molecule has 0 heterocycles. The van der Waals surface area contributed by atoms with Gasteiger partial charge in [0, 0.05) is 12.2 Å². The highest BCUT2D eigenvalue weighted by atomic mass is 16.5. The summed E-state index contributed by atoms with van der Waals surface area (Å²) in [7, 11) is 0. The molecule has 1 unspecified atom stereocenters. The van der Waals surface area contributed by atoms with Crippen LogP contribution in [0.15, 0.2) is 12.2 Å². The van der Waals surface area contributed by atoms with Gasteiger partial charge in [-0.05, 0) is 6.42 Å². The van der Waals surface area contributed by atoms with Gasteiger partial charge in [0.2, 0.25) is 0 Å². The normalized spacial score (nSPS) is 12.2. The molecule has 6 nitrogen and oxygen atoms in total. The van der Waals surface area contributed by atoms with E-state index in [1.165, 1.54) is 83.5 Å². The van der Waals surface area contributed by atoms with Crippen LogP contribution in [0.1, 0.15) is 110 Å². The first kappa shape index (κ1) is 29.6. The Morgan fingerprint density at radius 2 is 1.06 bits per heavy atom. The zero-order valence-corrected chi connectivity index (χ0v) is 19.7. The highest BCUT2D eigenvalue weighted by molar-refractivity contribution is 5.91. The highest BCUT2D eigenvalue weighted by Crippen LogP contribution is 2.13. The van der Waals surface area contributed by atoms with Crippen molar-refractivity contribution in [2.75, 3.05) is 19.8 Å². The van der Waals surface area contributed by atoms with Gasteiger partial charge in [-0.3, -0.25) is 0 Å². The van der Waals surface area contributed by atoms with Crippen molar-refractivity contribution in [2.24, 2.45) is 0 Å². The van der Waals surface area contributed by atoms with Gasteiger partial charge in [0.05, 0.1) is 13.2 Å². The van der Waals surface area contributed by atoms with E-state index in [1.54, 1.807) is 0 Å². The quantitative estimate of drug-likeness (QED) is 0.135. The Hall–Kier alpha value is -1.40. The van der Waals surface area contributed by atoms with E-state index < -0.39 is 24.6 Å². The summed E-state index contributed by atoms with van der Waals surface area (Å²) in [6, 6.07) is 0. The molecular formula is C25H46O6. The molecule has 31 heavy (non-hydrogen) atoms. The highest BCUT2D eigenvalue weighted by Gasteiger charge is 2.06. The Labute approximate surface area is 189 Å². The monoisotopic (exact) mass is 442 g/mol. The van der Waals surface area contributed by atoms with Gasteiger partial charge in [-0.2, -0.15) is 0 Å². The van der Waals surface area contributed by atoms with E-state index in [9.17, 15) is 9.59 Å². The smallest absolute Gasteiger partial charge is 0.331 e. The van der Waals surface area contributed by atoms with E-state index >= 15 is 0 Å². The Kier molecular flexibility index (Phi) is 22.2. The first-order valence-corrected chi connectivity index (χ1v) is 12.4. The molecule has 0 aliphatic heterocycles. The third-order valence-corrected chi connectivity index (χ3v) is 5.23. The predicted molar refractivity (Wildman–Crippen MR) is 124 cm³/mol. The molecule has 2 N–H and O–H groups in total. The number of unbranched alkanes of at least 4 members (excludes halogenated alkanes) is 15. The molecule has 0 spiro atoms. The minimum Gasteiger partial charge on any atom is -0.463 e. The Morgan fingerprint density at radius 1 is 0.677 bits per heavy atom. The predicted octanol–water partition coefficient (Wildman–Crippen LogP) is 5.24. The number of hydrogen-bond donors (Lipinski definition) is 2. The maximum Gasteiger partial charge on any atom is 0.331 e. The molecular weight excluding hydrogens is 396 g/mol. The average Bonchev–Trinajstić information content (AvgIpc) is 2.78. The summed E-state index contributed by atoms with van der Waals surface area (Å²) < 4.78 is 9.68. The molecule has 0 saturated carbocycles. The van der Waals surface area contributed by atoms with E-state index in [0.29, 0.717) is 6.61 Å². The van der Waals surface area contributed by atoms with E-state index in [2.05, 4.69) is 11.7 Å². The van der Waals surface area contributed by atoms with Crippen molar-refractivity contribution in [3.05, 3.63) is 12.2 Å². The zero-order valence-electron chi connectivity index (χ0n) is 19.7. The lowest BCUT2D eigenvalue weighted by Crippen LogP contribution is -2.21. The van der Waals surface area contributed by atoms with E-state index in [4.69, 9.17) is 14.9 Å². The van der Waals surface area contributed by atoms with Gasteiger partial charge in [-0.25, -0.2) is 9.59 Å². The number of ether oxygens (including phenoxy) is 2. The standard InChI is InChI=1S/C25H46O6/c1-2-3-4-5-6-7-8-9-10-11-12-13-14-15-16-17-20-30-24(28)18-19-25(29)31-22-23(27)21-26/h18-19,23,26-27H,2-17,20-22H2,1H3/b19-18-. The summed E-state index contributed by atoms with van der Waals surface area (Å²) in [5.74, 6) is -1.34. The van der Waals surface area contributed by atoms with Gasteiger partial charge in [0.1, 0.15) is 12.7 Å². The van der Waals surface area contributed by atoms with Crippen LogP contribution in [0.5, 0.6) is 0 Å². The molecule has 0 aromatic carbocycles. The first-order valence-electron chi connectivity index (χ1n) is 12.4. The van der Waals surface area contributed by atoms with Gasteiger partial charge in [0.15, 0.2) is 0 Å². The molecule has 0 aliphatic carbocycles. The maximum atomic E-state index is 11.5. The minimum absolute atomic E-state index is 0.312. The molecule has 0 bridgehead atoms. The Morgan fingerprint density at radius 3 is 1.48 bits per heavy atom. The maximum absolute atomic E-state index is 11.5. The van der Waals surface area contributed by atoms with E-state index in [-0.39, 0.29) is 6.61 Å². The molecule has 0 rings (SSSR count). The summed E-state index contributed by atoms with van der Waals surface area (Å²) in [6.45, 7) is 1.81. The molecule has 0 amide bonds. The number of rotatable bonds is 22. The second kappa shape index (κ2) is 23.3.